The van der Waals surface area contributed by atoms with Gasteiger partial charge >= 0.3 is 5.97 Å². The molecule has 2 N–H and O–H groups in total. The van der Waals surface area contributed by atoms with Crippen LogP contribution in [0.15, 0.2) is 46.6 Å². The number of carboxylic acid groups (broad SMARTS) is 1. The number of ketones is 2. The van der Waals surface area contributed by atoms with E-state index in [0.29, 0.717) is 25.9 Å². The Morgan fingerprint density at radius 1 is 1.16 bits per heavy atom. The molecule has 2 amide bonds. The minimum atomic E-state index is -1.11. The number of hydrogen-bond acceptors (Lipinski definition) is 7. The highest BCUT2D eigenvalue weighted by atomic mass is 127. The maximum absolute atomic E-state index is 13.5. The third-order valence-corrected chi connectivity index (χ3v) is 8.63. The molecule has 1 saturated heterocycles. The topological polar surface area (TPSA) is 138 Å². The summed E-state index contributed by atoms with van der Waals surface area (Å²) in [5.74, 6) is -4.86. The molecule has 192 valence electrons. The lowest BCUT2D eigenvalue weighted by atomic mass is 9.59. The first-order valence-corrected chi connectivity index (χ1v) is 13.0. The van der Waals surface area contributed by atoms with Crippen molar-refractivity contribution in [3.8, 4) is 11.5 Å². The molecule has 5 rings (SSSR count). The molecule has 0 spiro atoms. The third-order valence-electron chi connectivity index (χ3n) is 7.81. The number of allylic oxidation sites excluding steroid dienone is 6. The van der Waals surface area contributed by atoms with Crippen LogP contribution in [0, 0.1) is 21.3 Å². The van der Waals surface area contributed by atoms with Crippen molar-refractivity contribution in [1.29, 1.82) is 0 Å². The van der Waals surface area contributed by atoms with Crippen molar-refractivity contribution < 1.29 is 38.9 Å². The van der Waals surface area contributed by atoms with Crippen LogP contribution in [-0.2, 0) is 24.0 Å². The number of Topliss-reactive ketones (excluding diaryl/α,β-unsaturated/α-hetero) is 1. The van der Waals surface area contributed by atoms with E-state index in [4.69, 9.17) is 9.84 Å². The number of aromatic hydroxyl groups is 1. The fraction of sp³-hybridized carbons (Fsp3) is 0.370. The Bertz CT molecular complexity index is 1390. The van der Waals surface area contributed by atoms with Crippen molar-refractivity contribution in [3.63, 3.8) is 0 Å². The quantitative estimate of drug-likeness (QED) is 0.223. The summed E-state index contributed by atoms with van der Waals surface area (Å²) in [7, 11) is 1.42. The predicted molar refractivity (Wildman–Crippen MR) is 138 cm³/mol. The Hall–Kier alpha value is -3.28. The number of phenolic OH excluding ortho intramolecular Hbond substituents is 1. The van der Waals surface area contributed by atoms with E-state index in [0.717, 1.165) is 10.5 Å². The highest BCUT2D eigenvalue weighted by molar-refractivity contribution is 14.1. The Kier molecular flexibility index (Phi) is 6.33. The number of ether oxygens (including phenoxy) is 1. The molecule has 10 heteroatoms. The normalized spacial score (nSPS) is 26.9. The van der Waals surface area contributed by atoms with Crippen molar-refractivity contribution in [2.75, 3.05) is 13.7 Å². The summed E-state index contributed by atoms with van der Waals surface area (Å²) >= 11 is 1.97. The van der Waals surface area contributed by atoms with Gasteiger partial charge in [-0.05, 0) is 72.0 Å². The van der Waals surface area contributed by atoms with Gasteiger partial charge in [0.25, 0.3) is 0 Å². The Balaban J connectivity index is 1.65. The van der Waals surface area contributed by atoms with Gasteiger partial charge in [-0.2, -0.15) is 0 Å². The SMILES string of the molecule is COc1cc([C@H]2C3=CC[C@@H]4C(=O)N(CCC(=O)O)C(=O)[C@@H]4[C@@H]3CC3=C2C(=O)C(C)=CC3=O)cc(I)c1O. The first-order valence-electron chi connectivity index (χ1n) is 11.9. The number of hydrogen-bond donors (Lipinski definition) is 2. The molecule has 0 aromatic heterocycles. The van der Waals surface area contributed by atoms with Crippen LogP contribution in [0.4, 0.5) is 0 Å². The molecular weight excluding hydrogens is 593 g/mol. The molecule has 0 bridgehead atoms. The van der Waals surface area contributed by atoms with Gasteiger partial charge in [0.15, 0.2) is 23.1 Å². The molecule has 1 aromatic carbocycles. The van der Waals surface area contributed by atoms with Crippen LogP contribution >= 0.6 is 22.6 Å². The maximum atomic E-state index is 13.5. The van der Waals surface area contributed by atoms with Gasteiger partial charge in [-0.1, -0.05) is 11.6 Å². The molecule has 1 heterocycles. The van der Waals surface area contributed by atoms with E-state index in [1.54, 1.807) is 19.1 Å². The second-order valence-corrected chi connectivity index (χ2v) is 10.9. The second-order valence-electron chi connectivity index (χ2n) is 9.75. The van der Waals surface area contributed by atoms with Gasteiger partial charge in [0.05, 0.1) is 28.9 Å². The second kappa shape index (κ2) is 9.23. The molecule has 37 heavy (non-hydrogen) atoms. The number of fused-ring (bicyclic) bond motifs is 3. The highest BCUT2D eigenvalue weighted by Crippen LogP contribution is 2.55. The lowest BCUT2D eigenvalue weighted by Crippen LogP contribution is -2.40. The minimum Gasteiger partial charge on any atom is -0.504 e. The fourth-order valence-corrected chi connectivity index (χ4v) is 6.78. The average Bonchev–Trinajstić information content (AvgIpc) is 3.10. The number of nitrogens with zero attached hydrogens (tertiary/aromatic N) is 1. The molecule has 0 saturated carbocycles. The monoisotopic (exact) mass is 617 g/mol. The number of imide groups is 1. The first-order chi connectivity index (χ1) is 17.5. The van der Waals surface area contributed by atoms with Gasteiger partial charge in [-0.25, -0.2) is 0 Å². The molecule has 4 aliphatic rings. The van der Waals surface area contributed by atoms with Gasteiger partial charge in [-0.3, -0.25) is 28.9 Å². The number of benzene rings is 1. The first kappa shape index (κ1) is 25.4. The van der Waals surface area contributed by atoms with Crippen LogP contribution < -0.4 is 4.74 Å². The van der Waals surface area contributed by atoms with E-state index in [-0.39, 0.29) is 48.9 Å². The molecule has 3 aliphatic carbocycles. The summed E-state index contributed by atoms with van der Waals surface area (Å²) in [4.78, 5) is 65.3. The maximum Gasteiger partial charge on any atom is 0.305 e. The average molecular weight is 617 g/mol. The molecule has 0 radical (unpaired) electrons. The summed E-state index contributed by atoms with van der Waals surface area (Å²) in [6, 6.07) is 3.36. The van der Waals surface area contributed by atoms with Gasteiger partial charge in [0.1, 0.15) is 0 Å². The van der Waals surface area contributed by atoms with Crippen LogP contribution in [0.2, 0.25) is 0 Å². The summed E-state index contributed by atoms with van der Waals surface area (Å²) in [5, 5.41) is 19.5. The van der Waals surface area contributed by atoms with Crippen LogP contribution in [0.5, 0.6) is 11.5 Å². The van der Waals surface area contributed by atoms with Gasteiger partial charge < -0.3 is 14.9 Å². The summed E-state index contributed by atoms with van der Waals surface area (Å²) < 4.78 is 5.85. The summed E-state index contributed by atoms with van der Waals surface area (Å²) in [5.41, 5.74) is 2.43. The Morgan fingerprint density at radius 3 is 2.57 bits per heavy atom. The number of carboxylic acids is 1. The van der Waals surface area contributed by atoms with E-state index < -0.39 is 41.5 Å². The van der Waals surface area contributed by atoms with Crippen LogP contribution in [0.1, 0.15) is 37.7 Å². The summed E-state index contributed by atoms with van der Waals surface area (Å²) in [6.45, 7) is 1.39. The van der Waals surface area contributed by atoms with Crippen LogP contribution in [0.25, 0.3) is 0 Å². The minimum absolute atomic E-state index is 0.0427. The number of methoxy groups -OCH3 is 1. The number of carbonyl (C=O) groups excluding carboxylic acids is 4. The van der Waals surface area contributed by atoms with Crippen LogP contribution in [-0.4, -0.2) is 58.1 Å². The van der Waals surface area contributed by atoms with E-state index in [2.05, 4.69) is 0 Å². The number of aliphatic carboxylic acids is 1. The van der Waals surface area contributed by atoms with Gasteiger partial charge in [0, 0.05) is 29.2 Å². The van der Waals surface area contributed by atoms with Crippen molar-refractivity contribution in [2.24, 2.45) is 17.8 Å². The van der Waals surface area contributed by atoms with Gasteiger partial charge in [0.2, 0.25) is 11.8 Å². The molecule has 9 nitrogen and oxygen atoms in total. The summed E-state index contributed by atoms with van der Waals surface area (Å²) in [6.07, 6.45) is 3.28. The van der Waals surface area contributed by atoms with Crippen molar-refractivity contribution in [3.05, 3.63) is 55.7 Å². The molecule has 1 aliphatic heterocycles. The third kappa shape index (κ3) is 3.92. The molecule has 1 fully saturated rings. The number of halogens is 1. The number of rotatable bonds is 5. The molecular formula is C27H24INO8. The van der Waals surface area contributed by atoms with E-state index in [1.807, 2.05) is 28.7 Å². The van der Waals surface area contributed by atoms with Crippen molar-refractivity contribution in [1.82, 2.24) is 4.90 Å². The smallest absolute Gasteiger partial charge is 0.305 e. The number of phenols is 1. The zero-order valence-electron chi connectivity index (χ0n) is 20.1. The molecule has 1 aromatic rings. The predicted octanol–water partition coefficient (Wildman–Crippen LogP) is 2.91. The zero-order chi connectivity index (χ0) is 26.8. The fourth-order valence-electron chi connectivity index (χ4n) is 6.15. The lowest BCUT2D eigenvalue weighted by Gasteiger charge is -2.42. The number of amides is 2. The number of likely N-dealkylation sites (tertiary alicyclic amines) is 1. The molecule has 4 atom stereocenters. The lowest BCUT2D eigenvalue weighted by molar-refractivity contribution is -0.142. The molecule has 0 unspecified atom stereocenters. The van der Waals surface area contributed by atoms with E-state index >= 15 is 0 Å². The van der Waals surface area contributed by atoms with Crippen molar-refractivity contribution >= 4 is 51.9 Å². The Morgan fingerprint density at radius 2 is 1.89 bits per heavy atom. The standard InChI is InChI=1S/C27H24INO8/c1-11-7-18(30)16-10-15-13(3-4-14-22(15)27(36)29(26(14)35)6-5-20(31)32)21(23(16)24(11)33)12-8-17(28)25(34)19(9-12)37-2/h3,7-9,14-15,21-22,34H,4-6,10H2,1-2H3,(H,31,32)/t14-,15+,21-,22-/m0/s1. The van der Waals surface area contributed by atoms with E-state index in [9.17, 15) is 29.1 Å². The number of carbonyl (C=O) groups is 5. The largest absolute Gasteiger partial charge is 0.504 e. The van der Waals surface area contributed by atoms with E-state index in [1.165, 1.54) is 13.2 Å². The van der Waals surface area contributed by atoms with Gasteiger partial charge in [-0.15, -0.1) is 0 Å². The highest BCUT2D eigenvalue weighted by Gasteiger charge is 2.56. The van der Waals surface area contributed by atoms with Crippen molar-refractivity contribution in [2.45, 2.75) is 32.1 Å². The Labute approximate surface area is 226 Å². The zero-order valence-corrected chi connectivity index (χ0v) is 22.3. The van der Waals surface area contributed by atoms with Crippen LogP contribution in [0.3, 0.4) is 0 Å².